The molecule has 0 aliphatic heterocycles. The molecule has 0 radical (unpaired) electrons. The Morgan fingerprint density at radius 1 is 1.00 bits per heavy atom. The lowest BCUT2D eigenvalue weighted by Crippen LogP contribution is -2.00. The highest BCUT2D eigenvalue weighted by atomic mass is 35.5. The van der Waals surface area contributed by atoms with Crippen molar-refractivity contribution in [2.45, 2.75) is 13.5 Å². The zero-order valence-corrected chi connectivity index (χ0v) is 16.7. The highest BCUT2D eigenvalue weighted by molar-refractivity contribution is 7.09. The molecule has 4 rings (SSSR count). The van der Waals surface area contributed by atoms with Gasteiger partial charge in [-0.15, -0.1) is 11.3 Å². The summed E-state index contributed by atoms with van der Waals surface area (Å²) in [6.07, 6.45) is 0. The summed E-state index contributed by atoms with van der Waals surface area (Å²) in [4.78, 5) is 4.52. The maximum atomic E-state index is 14.6. The largest absolute Gasteiger partial charge is 0.488 e. The van der Waals surface area contributed by atoms with Crippen LogP contribution in [0.3, 0.4) is 0 Å². The van der Waals surface area contributed by atoms with Gasteiger partial charge in [0, 0.05) is 21.5 Å². The molecule has 3 aromatic carbocycles. The summed E-state index contributed by atoms with van der Waals surface area (Å²) in [6.45, 7) is 2.11. The van der Waals surface area contributed by atoms with Gasteiger partial charge in [0.05, 0.1) is 10.7 Å². The molecule has 1 heterocycles. The molecule has 0 unspecified atom stereocenters. The molecule has 0 aliphatic rings. The minimum absolute atomic E-state index is 0.146. The van der Waals surface area contributed by atoms with Crippen LogP contribution in [0, 0.1) is 12.7 Å². The van der Waals surface area contributed by atoms with Crippen LogP contribution in [-0.4, -0.2) is 4.98 Å². The summed E-state index contributed by atoms with van der Waals surface area (Å²) in [7, 11) is 0. The number of hydrogen-bond acceptors (Lipinski definition) is 3. The number of aryl methyl sites for hydroxylation is 1. The van der Waals surface area contributed by atoms with Crippen LogP contribution in [0.4, 0.5) is 4.39 Å². The van der Waals surface area contributed by atoms with E-state index >= 15 is 0 Å². The third-order valence-corrected chi connectivity index (χ3v) is 5.42. The van der Waals surface area contributed by atoms with Gasteiger partial charge < -0.3 is 4.74 Å². The van der Waals surface area contributed by atoms with Crippen LogP contribution in [0.15, 0.2) is 72.1 Å². The molecule has 0 fully saturated rings. The average Bonchev–Trinajstić information content (AvgIpc) is 3.14. The van der Waals surface area contributed by atoms with Crippen molar-refractivity contribution in [3.05, 3.63) is 93.5 Å². The van der Waals surface area contributed by atoms with Gasteiger partial charge in [0.1, 0.15) is 18.2 Å². The average molecular weight is 410 g/mol. The Morgan fingerprint density at radius 3 is 2.46 bits per heavy atom. The molecule has 0 amide bonds. The molecule has 0 spiro atoms. The number of halogens is 2. The van der Waals surface area contributed by atoms with Crippen molar-refractivity contribution in [2.24, 2.45) is 0 Å². The van der Waals surface area contributed by atoms with Gasteiger partial charge in [0.2, 0.25) is 0 Å². The minimum Gasteiger partial charge on any atom is -0.488 e. The molecule has 1 aromatic heterocycles. The van der Waals surface area contributed by atoms with E-state index in [4.69, 9.17) is 16.3 Å². The Balaban J connectivity index is 1.54. The summed E-state index contributed by atoms with van der Waals surface area (Å²) in [5.74, 6) is 0.392. The Morgan fingerprint density at radius 2 is 1.75 bits per heavy atom. The van der Waals surface area contributed by atoms with Gasteiger partial charge >= 0.3 is 0 Å². The summed E-state index contributed by atoms with van der Waals surface area (Å²) in [5, 5.41) is 3.65. The Bertz CT molecular complexity index is 1110. The highest BCUT2D eigenvalue weighted by Gasteiger charge is 2.11. The number of para-hydroxylation sites is 1. The lowest BCUT2D eigenvalue weighted by Gasteiger charge is -2.12. The molecule has 5 heteroatoms. The fourth-order valence-electron chi connectivity index (χ4n) is 2.93. The first kappa shape index (κ1) is 18.7. The number of ether oxygens (including phenoxy) is 1. The maximum absolute atomic E-state index is 14.6. The summed E-state index contributed by atoms with van der Waals surface area (Å²) in [6, 6.07) is 20.2. The van der Waals surface area contributed by atoms with E-state index in [2.05, 4.69) is 4.98 Å². The normalized spacial score (nSPS) is 10.8. The molecule has 4 aromatic rings. The standard InChI is InChI=1S/C23H17ClFNOS/c1-15-26-22(14-28-15)20-4-2-3-5-23(20)27-13-18-7-6-17(12-21(18)25)16-8-10-19(24)11-9-16/h2-12,14H,13H2,1H3. The van der Waals surface area contributed by atoms with E-state index < -0.39 is 0 Å². The molecule has 28 heavy (non-hydrogen) atoms. The summed E-state index contributed by atoms with van der Waals surface area (Å²) < 4.78 is 20.6. The second kappa shape index (κ2) is 8.13. The lowest BCUT2D eigenvalue weighted by atomic mass is 10.0. The van der Waals surface area contributed by atoms with E-state index in [1.165, 1.54) is 6.07 Å². The van der Waals surface area contributed by atoms with Crippen molar-refractivity contribution < 1.29 is 9.13 Å². The van der Waals surface area contributed by atoms with E-state index in [1.807, 2.05) is 54.8 Å². The zero-order valence-electron chi connectivity index (χ0n) is 15.2. The smallest absolute Gasteiger partial charge is 0.130 e. The van der Waals surface area contributed by atoms with Crippen molar-refractivity contribution in [1.29, 1.82) is 0 Å². The number of thiazole rings is 1. The van der Waals surface area contributed by atoms with Crippen LogP contribution < -0.4 is 4.74 Å². The molecule has 0 bridgehead atoms. The van der Waals surface area contributed by atoms with Crippen LogP contribution in [0.25, 0.3) is 22.4 Å². The molecule has 0 saturated carbocycles. The Kier molecular flexibility index (Phi) is 5.42. The van der Waals surface area contributed by atoms with E-state index in [1.54, 1.807) is 29.5 Å². The van der Waals surface area contributed by atoms with Crippen molar-refractivity contribution in [3.8, 4) is 28.1 Å². The van der Waals surface area contributed by atoms with Crippen LogP contribution in [0.2, 0.25) is 5.02 Å². The lowest BCUT2D eigenvalue weighted by molar-refractivity contribution is 0.301. The van der Waals surface area contributed by atoms with Gasteiger partial charge in [-0.2, -0.15) is 0 Å². The molecule has 0 saturated heterocycles. The first-order chi connectivity index (χ1) is 13.6. The SMILES string of the molecule is Cc1nc(-c2ccccc2OCc2ccc(-c3ccc(Cl)cc3)cc2F)cs1. The number of aromatic nitrogens is 1. The number of rotatable bonds is 5. The monoisotopic (exact) mass is 409 g/mol. The maximum Gasteiger partial charge on any atom is 0.130 e. The second-order valence-corrected chi connectivity index (χ2v) is 7.85. The van der Waals surface area contributed by atoms with Gasteiger partial charge in [-0.3, -0.25) is 0 Å². The Hall–Kier alpha value is -2.69. The fourth-order valence-corrected chi connectivity index (χ4v) is 3.67. The molecular weight excluding hydrogens is 393 g/mol. The molecule has 0 N–H and O–H groups in total. The van der Waals surface area contributed by atoms with E-state index in [0.29, 0.717) is 16.3 Å². The van der Waals surface area contributed by atoms with Gasteiger partial charge in [-0.05, 0) is 48.4 Å². The van der Waals surface area contributed by atoms with Crippen LogP contribution in [0.1, 0.15) is 10.6 Å². The fraction of sp³-hybridized carbons (Fsp3) is 0.0870. The minimum atomic E-state index is -0.297. The first-order valence-electron chi connectivity index (χ1n) is 8.79. The summed E-state index contributed by atoms with van der Waals surface area (Å²) >= 11 is 7.51. The third-order valence-electron chi connectivity index (χ3n) is 4.40. The van der Waals surface area contributed by atoms with Crippen molar-refractivity contribution in [2.75, 3.05) is 0 Å². The van der Waals surface area contributed by atoms with Gasteiger partial charge in [0.25, 0.3) is 0 Å². The van der Waals surface area contributed by atoms with Crippen molar-refractivity contribution in [3.63, 3.8) is 0 Å². The number of hydrogen-bond donors (Lipinski definition) is 0. The van der Waals surface area contributed by atoms with Gasteiger partial charge in [0.15, 0.2) is 0 Å². The van der Waals surface area contributed by atoms with E-state index in [9.17, 15) is 4.39 Å². The first-order valence-corrected chi connectivity index (χ1v) is 10.0. The zero-order chi connectivity index (χ0) is 19.5. The molecule has 0 aliphatic carbocycles. The highest BCUT2D eigenvalue weighted by Crippen LogP contribution is 2.31. The predicted octanol–water partition coefficient (Wildman–Crippen LogP) is 7.16. The molecule has 2 nitrogen and oxygen atoms in total. The van der Waals surface area contributed by atoms with Crippen molar-refractivity contribution >= 4 is 22.9 Å². The molecule has 0 atom stereocenters. The molecule has 140 valence electrons. The van der Waals surface area contributed by atoms with E-state index in [0.717, 1.165) is 27.4 Å². The van der Waals surface area contributed by atoms with Gasteiger partial charge in [-0.1, -0.05) is 48.0 Å². The third kappa shape index (κ3) is 4.08. The van der Waals surface area contributed by atoms with Crippen LogP contribution in [0.5, 0.6) is 5.75 Å². The number of benzene rings is 3. The quantitative estimate of drug-likeness (QED) is 0.349. The Labute approximate surface area is 172 Å². The number of nitrogens with zero attached hydrogens (tertiary/aromatic N) is 1. The van der Waals surface area contributed by atoms with Crippen molar-refractivity contribution in [1.82, 2.24) is 4.98 Å². The van der Waals surface area contributed by atoms with Crippen LogP contribution >= 0.6 is 22.9 Å². The molecular formula is C23H17ClFNOS. The van der Waals surface area contributed by atoms with Crippen LogP contribution in [-0.2, 0) is 6.61 Å². The summed E-state index contributed by atoms with van der Waals surface area (Å²) in [5.41, 5.74) is 4.00. The predicted molar refractivity (Wildman–Crippen MR) is 113 cm³/mol. The van der Waals surface area contributed by atoms with E-state index in [-0.39, 0.29) is 12.4 Å². The van der Waals surface area contributed by atoms with Gasteiger partial charge in [-0.25, -0.2) is 9.37 Å². The second-order valence-electron chi connectivity index (χ2n) is 6.35. The topological polar surface area (TPSA) is 22.1 Å².